The summed E-state index contributed by atoms with van der Waals surface area (Å²) in [5.41, 5.74) is 2.72. The molecule has 0 heterocycles. The van der Waals surface area contributed by atoms with Crippen LogP contribution in [0.2, 0.25) is 0 Å². The fraction of sp³-hybridized carbons (Fsp3) is 0.167. The molecule has 0 aliphatic heterocycles. The van der Waals surface area contributed by atoms with Crippen molar-refractivity contribution in [1.82, 2.24) is 0 Å². The first-order valence-corrected chi connectivity index (χ1v) is 7.09. The lowest BCUT2D eigenvalue weighted by Crippen LogP contribution is -2.18. The van der Waals surface area contributed by atoms with Crippen LogP contribution in [0.3, 0.4) is 0 Å². The highest BCUT2D eigenvalue weighted by Gasteiger charge is 2.17. The van der Waals surface area contributed by atoms with Crippen molar-refractivity contribution in [3.8, 4) is 11.1 Å². The summed E-state index contributed by atoms with van der Waals surface area (Å²) < 4.78 is 0. The van der Waals surface area contributed by atoms with Crippen molar-refractivity contribution >= 4 is 18.2 Å². The largest absolute Gasteiger partial charge is 0.399 e. The van der Waals surface area contributed by atoms with Gasteiger partial charge in [-0.05, 0) is 11.1 Å². The number of hydrogen-bond acceptors (Lipinski definition) is 5. The van der Waals surface area contributed by atoms with Crippen LogP contribution in [0.15, 0.2) is 64.9 Å². The molecule has 0 spiro atoms. The molecule has 0 aliphatic rings. The Labute approximate surface area is 135 Å². The molecule has 118 valence electrons. The standard InChI is InChI=1S/C18H18N2O3/c1-22-19-12-17(13-20-23-2)18(21)16-10-8-15(9-11-16)14-6-4-3-5-7-14/h3-13,17H,1-2H3/b19-12-,20-13+. The topological polar surface area (TPSA) is 60.3 Å². The van der Waals surface area contributed by atoms with Gasteiger partial charge in [0, 0.05) is 5.56 Å². The molecule has 0 fully saturated rings. The molecule has 0 saturated heterocycles. The van der Waals surface area contributed by atoms with Gasteiger partial charge in [-0.1, -0.05) is 64.9 Å². The molecule has 0 aromatic heterocycles. The number of nitrogens with zero attached hydrogens (tertiary/aromatic N) is 2. The normalized spacial score (nSPS) is 12.4. The minimum Gasteiger partial charge on any atom is -0.399 e. The van der Waals surface area contributed by atoms with E-state index in [0.717, 1.165) is 11.1 Å². The smallest absolute Gasteiger partial charge is 0.176 e. The van der Waals surface area contributed by atoms with Gasteiger partial charge < -0.3 is 9.68 Å². The second-order valence-electron chi connectivity index (χ2n) is 4.71. The lowest BCUT2D eigenvalue weighted by Gasteiger charge is -2.07. The monoisotopic (exact) mass is 310 g/mol. The van der Waals surface area contributed by atoms with E-state index in [2.05, 4.69) is 20.0 Å². The van der Waals surface area contributed by atoms with Gasteiger partial charge in [0.25, 0.3) is 0 Å². The quantitative estimate of drug-likeness (QED) is 0.447. The third kappa shape index (κ3) is 4.51. The van der Waals surface area contributed by atoms with Crippen LogP contribution in [-0.4, -0.2) is 32.4 Å². The maximum Gasteiger partial charge on any atom is 0.176 e. The van der Waals surface area contributed by atoms with E-state index in [-0.39, 0.29) is 5.78 Å². The van der Waals surface area contributed by atoms with Gasteiger partial charge in [0.1, 0.15) is 14.2 Å². The maximum absolute atomic E-state index is 12.5. The lowest BCUT2D eigenvalue weighted by molar-refractivity contribution is 0.0978. The van der Waals surface area contributed by atoms with Gasteiger partial charge in [0.05, 0.1) is 18.3 Å². The Kier molecular flexibility index (Phi) is 6.06. The molecule has 0 bridgehead atoms. The van der Waals surface area contributed by atoms with Crippen LogP contribution in [0, 0.1) is 5.92 Å². The Hall–Kier alpha value is -2.95. The summed E-state index contributed by atoms with van der Waals surface area (Å²) in [4.78, 5) is 21.8. The minimum atomic E-state index is -0.641. The van der Waals surface area contributed by atoms with Crippen molar-refractivity contribution in [3.63, 3.8) is 0 Å². The fourth-order valence-corrected chi connectivity index (χ4v) is 2.08. The number of oxime groups is 2. The number of carbonyl (C=O) groups excluding carboxylic acids is 1. The van der Waals surface area contributed by atoms with E-state index in [4.69, 9.17) is 0 Å². The van der Waals surface area contributed by atoms with Crippen molar-refractivity contribution in [2.75, 3.05) is 14.2 Å². The van der Waals surface area contributed by atoms with E-state index in [0.29, 0.717) is 5.56 Å². The molecule has 0 amide bonds. The van der Waals surface area contributed by atoms with Crippen LogP contribution in [0.25, 0.3) is 11.1 Å². The predicted octanol–water partition coefficient (Wildman–Crippen LogP) is 3.42. The SMILES string of the molecule is CO/N=C\C(/C=N/OC)C(=O)c1ccc(-c2ccccc2)cc1. The van der Waals surface area contributed by atoms with Crippen molar-refractivity contribution in [1.29, 1.82) is 0 Å². The number of rotatable bonds is 7. The van der Waals surface area contributed by atoms with Crippen LogP contribution < -0.4 is 0 Å². The summed E-state index contributed by atoms with van der Waals surface area (Å²) in [6.07, 6.45) is 2.77. The van der Waals surface area contributed by atoms with Crippen molar-refractivity contribution < 1.29 is 14.5 Å². The molecule has 0 aliphatic carbocycles. The Morgan fingerprint density at radius 2 is 1.39 bits per heavy atom. The van der Waals surface area contributed by atoms with Gasteiger partial charge in [0.15, 0.2) is 5.78 Å². The molecule has 23 heavy (non-hydrogen) atoms. The number of ketones is 1. The van der Waals surface area contributed by atoms with Crippen LogP contribution in [0.1, 0.15) is 10.4 Å². The van der Waals surface area contributed by atoms with Crippen molar-refractivity contribution in [2.45, 2.75) is 0 Å². The van der Waals surface area contributed by atoms with Gasteiger partial charge in [-0.15, -0.1) is 0 Å². The minimum absolute atomic E-state index is 0.133. The third-order valence-electron chi connectivity index (χ3n) is 3.23. The van der Waals surface area contributed by atoms with Gasteiger partial charge in [-0.2, -0.15) is 0 Å². The molecule has 2 aromatic rings. The average Bonchev–Trinajstić information content (AvgIpc) is 2.62. The Morgan fingerprint density at radius 1 is 0.870 bits per heavy atom. The molecular weight excluding hydrogens is 292 g/mol. The van der Waals surface area contributed by atoms with E-state index in [9.17, 15) is 4.79 Å². The van der Waals surface area contributed by atoms with E-state index < -0.39 is 5.92 Å². The lowest BCUT2D eigenvalue weighted by atomic mass is 9.97. The Balaban J connectivity index is 2.21. The molecule has 5 nitrogen and oxygen atoms in total. The fourth-order valence-electron chi connectivity index (χ4n) is 2.08. The first-order chi connectivity index (χ1) is 11.3. The highest BCUT2D eigenvalue weighted by molar-refractivity contribution is 6.15. The van der Waals surface area contributed by atoms with Gasteiger partial charge in [-0.25, -0.2) is 0 Å². The van der Waals surface area contributed by atoms with Gasteiger partial charge in [0.2, 0.25) is 0 Å². The molecule has 0 saturated carbocycles. The van der Waals surface area contributed by atoms with E-state index in [1.165, 1.54) is 26.6 Å². The molecule has 0 radical (unpaired) electrons. The zero-order valence-corrected chi connectivity index (χ0v) is 13.0. The second-order valence-corrected chi connectivity index (χ2v) is 4.71. The molecule has 5 heteroatoms. The predicted molar refractivity (Wildman–Crippen MR) is 90.7 cm³/mol. The molecule has 1 atom stereocenters. The van der Waals surface area contributed by atoms with Crippen LogP contribution in [0.5, 0.6) is 0 Å². The van der Waals surface area contributed by atoms with Crippen LogP contribution in [-0.2, 0) is 9.68 Å². The first kappa shape index (κ1) is 16.4. The molecule has 0 N–H and O–H groups in total. The Bertz CT molecular complexity index is 665. The number of benzene rings is 2. The molecule has 2 rings (SSSR count). The summed E-state index contributed by atoms with van der Waals surface area (Å²) >= 11 is 0. The zero-order chi connectivity index (χ0) is 16.5. The molecular formula is C18H18N2O3. The summed E-state index contributed by atoms with van der Waals surface area (Å²) in [5.74, 6) is -0.774. The summed E-state index contributed by atoms with van der Waals surface area (Å²) in [7, 11) is 2.83. The van der Waals surface area contributed by atoms with Crippen LogP contribution in [0.4, 0.5) is 0 Å². The summed E-state index contributed by atoms with van der Waals surface area (Å²) in [6, 6.07) is 17.4. The highest BCUT2D eigenvalue weighted by Crippen LogP contribution is 2.20. The third-order valence-corrected chi connectivity index (χ3v) is 3.23. The van der Waals surface area contributed by atoms with Gasteiger partial charge in [-0.3, -0.25) is 4.79 Å². The summed E-state index contributed by atoms with van der Waals surface area (Å²) in [6.45, 7) is 0. The second kappa shape index (κ2) is 8.48. The number of carbonyl (C=O) groups is 1. The van der Waals surface area contributed by atoms with Crippen LogP contribution >= 0.6 is 0 Å². The van der Waals surface area contributed by atoms with E-state index in [1.54, 1.807) is 12.1 Å². The van der Waals surface area contributed by atoms with Gasteiger partial charge >= 0.3 is 0 Å². The molecule has 1 unspecified atom stereocenters. The first-order valence-electron chi connectivity index (χ1n) is 7.09. The zero-order valence-electron chi connectivity index (χ0n) is 13.0. The summed E-state index contributed by atoms with van der Waals surface area (Å²) in [5, 5.41) is 7.29. The van der Waals surface area contributed by atoms with E-state index in [1.807, 2.05) is 42.5 Å². The number of Topliss-reactive ketones (excluding diaryl/α,β-unsaturated/α-hetero) is 1. The van der Waals surface area contributed by atoms with Crippen molar-refractivity contribution in [2.24, 2.45) is 16.2 Å². The highest BCUT2D eigenvalue weighted by atomic mass is 16.6. The number of hydrogen-bond donors (Lipinski definition) is 0. The Morgan fingerprint density at radius 3 is 1.91 bits per heavy atom. The maximum atomic E-state index is 12.5. The van der Waals surface area contributed by atoms with E-state index >= 15 is 0 Å². The average molecular weight is 310 g/mol. The molecule has 2 aromatic carbocycles. The van der Waals surface area contributed by atoms with Crippen molar-refractivity contribution in [3.05, 3.63) is 60.2 Å².